The summed E-state index contributed by atoms with van der Waals surface area (Å²) in [6.07, 6.45) is 1.31. The fraction of sp³-hybridized carbons (Fsp3) is 0.500. The molecule has 2 rings (SSSR count). The lowest BCUT2D eigenvalue weighted by Crippen LogP contribution is -2.47. The van der Waals surface area contributed by atoms with Crippen molar-refractivity contribution in [1.29, 1.82) is 0 Å². The van der Waals surface area contributed by atoms with Gasteiger partial charge >= 0.3 is 0 Å². The van der Waals surface area contributed by atoms with Gasteiger partial charge in [-0.15, -0.1) is 0 Å². The van der Waals surface area contributed by atoms with Gasteiger partial charge in [0.1, 0.15) is 5.69 Å². The van der Waals surface area contributed by atoms with Crippen LogP contribution in [-0.2, 0) is 11.3 Å². The van der Waals surface area contributed by atoms with Crippen LogP contribution in [-0.4, -0.2) is 53.3 Å². The van der Waals surface area contributed by atoms with Crippen molar-refractivity contribution >= 4 is 5.91 Å². The molecule has 0 aliphatic carbocycles. The fourth-order valence-electron chi connectivity index (χ4n) is 1.85. The maximum absolute atomic E-state index is 12.2. The number of nitrogens with two attached hydrogens (primary N) is 1. The Balaban J connectivity index is 2.05. The predicted molar refractivity (Wildman–Crippen MR) is 64.9 cm³/mol. The molecule has 6 nitrogen and oxygen atoms in total. The third kappa shape index (κ3) is 2.84. The van der Waals surface area contributed by atoms with Crippen LogP contribution in [0.5, 0.6) is 0 Å². The second-order valence-corrected chi connectivity index (χ2v) is 4.18. The van der Waals surface area contributed by atoms with Gasteiger partial charge in [-0.2, -0.15) is 0 Å². The van der Waals surface area contributed by atoms with Crippen molar-refractivity contribution in [3.05, 3.63) is 29.6 Å². The molecule has 2 heterocycles. The zero-order valence-corrected chi connectivity index (χ0v) is 10.1. The third-order valence-corrected chi connectivity index (χ3v) is 2.91. The summed E-state index contributed by atoms with van der Waals surface area (Å²) in [7, 11) is 0. The van der Waals surface area contributed by atoms with E-state index in [1.54, 1.807) is 23.2 Å². The van der Waals surface area contributed by atoms with E-state index in [2.05, 4.69) is 4.98 Å². The average Bonchev–Trinajstić information content (AvgIpc) is 2.46. The number of hydrogen-bond acceptors (Lipinski definition) is 5. The molecule has 1 atom stereocenters. The van der Waals surface area contributed by atoms with Gasteiger partial charge in [-0.1, -0.05) is 6.07 Å². The van der Waals surface area contributed by atoms with Crippen molar-refractivity contribution in [3.63, 3.8) is 0 Å². The van der Waals surface area contributed by atoms with E-state index in [0.717, 1.165) is 5.56 Å². The smallest absolute Gasteiger partial charge is 0.272 e. The van der Waals surface area contributed by atoms with E-state index in [-0.39, 0.29) is 18.6 Å². The summed E-state index contributed by atoms with van der Waals surface area (Å²) >= 11 is 0. The minimum Gasteiger partial charge on any atom is -0.394 e. The Morgan fingerprint density at radius 3 is 3.06 bits per heavy atom. The monoisotopic (exact) mass is 251 g/mol. The van der Waals surface area contributed by atoms with Crippen molar-refractivity contribution in [1.82, 2.24) is 9.88 Å². The average molecular weight is 251 g/mol. The number of rotatable bonds is 3. The molecule has 1 fully saturated rings. The van der Waals surface area contributed by atoms with Crippen LogP contribution < -0.4 is 5.73 Å². The van der Waals surface area contributed by atoms with Gasteiger partial charge in [-0.3, -0.25) is 9.78 Å². The van der Waals surface area contributed by atoms with Crippen molar-refractivity contribution < 1.29 is 14.6 Å². The number of amides is 1. The fourth-order valence-corrected chi connectivity index (χ4v) is 1.85. The number of carbonyl (C=O) groups excluding carboxylic acids is 1. The molecule has 1 aliphatic rings. The molecule has 98 valence electrons. The summed E-state index contributed by atoms with van der Waals surface area (Å²) < 4.78 is 5.30. The summed E-state index contributed by atoms with van der Waals surface area (Å²) in [6.45, 7) is 1.69. The largest absolute Gasteiger partial charge is 0.394 e. The molecule has 0 radical (unpaired) electrons. The standard InChI is InChI=1S/C12H17N3O3/c13-5-9-1-2-11(14-6-9)12(17)15-3-4-18-10(7-15)8-16/h1-2,6,10,16H,3-5,7-8,13H2. The topological polar surface area (TPSA) is 88.7 Å². The number of carbonyl (C=O) groups is 1. The van der Waals surface area contributed by atoms with Crippen LogP contribution >= 0.6 is 0 Å². The van der Waals surface area contributed by atoms with E-state index < -0.39 is 0 Å². The maximum atomic E-state index is 12.2. The van der Waals surface area contributed by atoms with E-state index in [0.29, 0.717) is 31.9 Å². The molecule has 0 bridgehead atoms. The lowest BCUT2D eigenvalue weighted by molar-refractivity contribution is -0.0448. The highest BCUT2D eigenvalue weighted by atomic mass is 16.5. The summed E-state index contributed by atoms with van der Waals surface area (Å²) in [5.41, 5.74) is 6.76. The molecule has 1 aromatic rings. The van der Waals surface area contributed by atoms with Gasteiger partial charge in [-0.25, -0.2) is 0 Å². The molecular formula is C12H17N3O3. The Kier molecular flexibility index (Phi) is 4.24. The Morgan fingerprint density at radius 2 is 2.44 bits per heavy atom. The second kappa shape index (κ2) is 5.90. The van der Waals surface area contributed by atoms with Crippen LogP contribution in [0.15, 0.2) is 18.3 Å². The number of pyridine rings is 1. The Hall–Kier alpha value is -1.50. The van der Waals surface area contributed by atoms with Crippen LogP contribution in [0.3, 0.4) is 0 Å². The van der Waals surface area contributed by atoms with Crippen molar-refractivity contribution in [2.24, 2.45) is 5.73 Å². The number of aromatic nitrogens is 1. The molecular weight excluding hydrogens is 234 g/mol. The van der Waals surface area contributed by atoms with E-state index >= 15 is 0 Å². The normalized spacial score (nSPS) is 19.9. The molecule has 1 amide bonds. The minimum absolute atomic E-state index is 0.0800. The van der Waals surface area contributed by atoms with Gasteiger partial charge in [0.2, 0.25) is 0 Å². The first kappa shape index (κ1) is 12.9. The van der Waals surface area contributed by atoms with Gasteiger partial charge in [0.15, 0.2) is 0 Å². The van der Waals surface area contributed by atoms with Crippen LogP contribution in [0, 0.1) is 0 Å². The lowest BCUT2D eigenvalue weighted by Gasteiger charge is -2.31. The molecule has 0 saturated carbocycles. The Labute approximate surface area is 105 Å². The quantitative estimate of drug-likeness (QED) is 0.747. The van der Waals surface area contributed by atoms with Crippen molar-refractivity contribution in [3.8, 4) is 0 Å². The number of hydrogen-bond donors (Lipinski definition) is 2. The molecule has 6 heteroatoms. The highest BCUT2D eigenvalue weighted by Crippen LogP contribution is 2.09. The third-order valence-electron chi connectivity index (χ3n) is 2.91. The lowest BCUT2D eigenvalue weighted by atomic mass is 10.2. The SMILES string of the molecule is NCc1ccc(C(=O)N2CCOC(CO)C2)nc1. The summed E-state index contributed by atoms with van der Waals surface area (Å²) in [5.74, 6) is -0.139. The molecule has 18 heavy (non-hydrogen) atoms. The zero-order chi connectivity index (χ0) is 13.0. The van der Waals surface area contributed by atoms with E-state index in [1.165, 1.54) is 0 Å². The molecule has 0 spiro atoms. The van der Waals surface area contributed by atoms with Crippen molar-refractivity contribution in [2.45, 2.75) is 12.6 Å². The molecule has 3 N–H and O–H groups in total. The summed E-state index contributed by atoms with van der Waals surface area (Å²) in [6, 6.07) is 3.47. The summed E-state index contributed by atoms with van der Waals surface area (Å²) in [5, 5.41) is 9.04. The van der Waals surface area contributed by atoms with Gasteiger partial charge < -0.3 is 20.5 Å². The number of nitrogens with zero attached hydrogens (tertiary/aromatic N) is 2. The van der Waals surface area contributed by atoms with Crippen LogP contribution in [0.2, 0.25) is 0 Å². The first-order chi connectivity index (χ1) is 8.74. The predicted octanol–water partition coefficient (Wildman–Crippen LogP) is -0.626. The van der Waals surface area contributed by atoms with E-state index in [1.807, 2.05) is 0 Å². The Bertz CT molecular complexity index is 408. The van der Waals surface area contributed by atoms with E-state index in [9.17, 15) is 4.79 Å². The first-order valence-electron chi connectivity index (χ1n) is 5.91. The van der Waals surface area contributed by atoms with Gasteiger partial charge in [-0.05, 0) is 11.6 Å². The number of ether oxygens (including phenoxy) is 1. The zero-order valence-electron chi connectivity index (χ0n) is 10.1. The molecule has 1 aromatic heterocycles. The Morgan fingerprint density at radius 1 is 1.61 bits per heavy atom. The number of morpholine rings is 1. The highest BCUT2D eigenvalue weighted by Gasteiger charge is 2.25. The van der Waals surface area contributed by atoms with Gasteiger partial charge in [0.05, 0.1) is 19.3 Å². The van der Waals surface area contributed by atoms with E-state index in [4.69, 9.17) is 15.6 Å². The van der Waals surface area contributed by atoms with Crippen LogP contribution in [0.1, 0.15) is 16.1 Å². The first-order valence-corrected chi connectivity index (χ1v) is 5.91. The maximum Gasteiger partial charge on any atom is 0.272 e. The second-order valence-electron chi connectivity index (χ2n) is 4.18. The highest BCUT2D eigenvalue weighted by molar-refractivity contribution is 5.92. The summed E-state index contributed by atoms with van der Waals surface area (Å²) in [4.78, 5) is 17.9. The minimum atomic E-state index is -0.300. The van der Waals surface area contributed by atoms with Crippen molar-refractivity contribution in [2.75, 3.05) is 26.3 Å². The number of aliphatic hydroxyl groups is 1. The van der Waals surface area contributed by atoms with Crippen LogP contribution in [0.25, 0.3) is 0 Å². The number of aliphatic hydroxyl groups excluding tert-OH is 1. The molecule has 0 aromatic carbocycles. The van der Waals surface area contributed by atoms with Crippen LogP contribution in [0.4, 0.5) is 0 Å². The van der Waals surface area contributed by atoms with Gasteiger partial charge in [0, 0.05) is 25.8 Å². The molecule has 1 aliphatic heterocycles. The molecule has 1 saturated heterocycles. The molecule has 1 unspecified atom stereocenters. The van der Waals surface area contributed by atoms with Gasteiger partial charge in [0.25, 0.3) is 5.91 Å².